The Hall–Kier alpha value is -0.550. The molecule has 1 atom stereocenters. The summed E-state index contributed by atoms with van der Waals surface area (Å²) < 4.78 is 7.20. The Morgan fingerprint density at radius 2 is 2.18 bits per heavy atom. The molecule has 2 rings (SSSR count). The van der Waals surface area contributed by atoms with Crippen molar-refractivity contribution in [2.24, 2.45) is 0 Å². The number of halogens is 1. The first-order valence-corrected chi connectivity index (χ1v) is 7.14. The van der Waals surface area contributed by atoms with E-state index in [0.29, 0.717) is 0 Å². The summed E-state index contributed by atoms with van der Waals surface area (Å²) >= 11 is 2.33. The van der Waals surface area contributed by atoms with Gasteiger partial charge in [-0.3, -0.25) is 0 Å². The van der Waals surface area contributed by atoms with E-state index in [1.807, 2.05) is 0 Å². The molecule has 0 saturated carbocycles. The van der Waals surface area contributed by atoms with Crippen molar-refractivity contribution < 1.29 is 4.42 Å². The first-order valence-electron chi connectivity index (χ1n) is 6.06. The standard InChI is InChI=1S/C14H18INO/c1-4-8-16-10(3)13-9(2)11-6-5-7-12(15)14(11)17-13/h5-7,10,16H,4,8H2,1-3H3. The third-order valence-corrected chi connectivity index (χ3v) is 3.90. The average Bonchev–Trinajstić information content (AvgIpc) is 2.66. The van der Waals surface area contributed by atoms with Crippen LogP contribution in [0.3, 0.4) is 0 Å². The highest BCUT2D eigenvalue weighted by Crippen LogP contribution is 2.31. The monoisotopic (exact) mass is 343 g/mol. The van der Waals surface area contributed by atoms with Gasteiger partial charge in [-0.2, -0.15) is 0 Å². The molecule has 0 bridgehead atoms. The van der Waals surface area contributed by atoms with E-state index in [4.69, 9.17) is 4.42 Å². The summed E-state index contributed by atoms with van der Waals surface area (Å²) in [6.45, 7) is 7.50. The molecule has 1 heterocycles. The van der Waals surface area contributed by atoms with Gasteiger partial charge >= 0.3 is 0 Å². The molecule has 0 aliphatic rings. The molecule has 92 valence electrons. The zero-order valence-electron chi connectivity index (χ0n) is 10.5. The summed E-state index contributed by atoms with van der Waals surface area (Å²) in [6.07, 6.45) is 1.14. The minimum atomic E-state index is 0.276. The van der Waals surface area contributed by atoms with Crippen LogP contribution in [0.25, 0.3) is 11.0 Å². The number of fused-ring (bicyclic) bond motifs is 1. The van der Waals surface area contributed by atoms with Crippen molar-refractivity contribution in [3.63, 3.8) is 0 Å². The zero-order chi connectivity index (χ0) is 12.4. The minimum Gasteiger partial charge on any atom is -0.458 e. The molecular formula is C14H18INO. The SMILES string of the molecule is CCCNC(C)c1oc2c(I)cccc2c1C. The number of hydrogen-bond acceptors (Lipinski definition) is 2. The molecule has 17 heavy (non-hydrogen) atoms. The maximum absolute atomic E-state index is 6.02. The van der Waals surface area contributed by atoms with Crippen LogP contribution < -0.4 is 5.32 Å². The third kappa shape index (κ3) is 2.50. The molecule has 1 aromatic heterocycles. The minimum absolute atomic E-state index is 0.276. The maximum Gasteiger partial charge on any atom is 0.147 e. The molecule has 0 amide bonds. The number of aryl methyl sites for hydroxylation is 1. The van der Waals surface area contributed by atoms with Crippen LogP contribution in [-0.4, -0.2) is 6.54 Å². The van der Waals surface area contributed by atoms with Gasteiger partial charge in [0.25, 0.3) is 0 Å². The van der Waals surface area contributed by atoms with Gasteiger partial charge in [-0.1, -0.05) is 19.1 Å². The lowest BCUT2D eigenvalue weighted by molar-refractivity contribution is 0.448. The number of furan rings is 1. The normalized spacial score (nSPS) is 13.2. The van der Waals surface area contributed by atoms with Crippen LogP contribution in [0.2, 0.25) is 0 Å². The van der Waals surface area contributed by atoms with Gasteiger partial charge in [0.1, 0.15) is 11.3 Å². The molecule has 1 aromatic carbocycles. The van der Waals surface area contributed by atoms with Crippen LogP contribution in [0.1, 0.15) is 37.6 Å². The van der Waals surface area contributed by atoms with E-state index in [0.717, 1.165) is 24.3 Å². The second-order valence-corrected chi connectivity index (χ2v) is 5.55. The van der Waals surface area contributed by atoms with Gasteiger partial charge in [-0.15, -0.1) is 0 Å². The van der Waals surface area contributed by atoms with E-state index in [1.165, 1.54) is 14.5 Å². The molecule has 0 spiro atoms. The molecule has 0 aliphatic heterocycles. The van der Waals surface area contributed by atoms with Crippen LogP contribution in [0.5, 0.6) is 0 Å². The third-order valence-electron chi connectivity index (χ3n) is 3.05. The summed E-state index contributed by atoms with van der Waals surface area (Å²) in [5.41, 5.74) is 2.28. The highest BCUT2D eigenvalue weighted by Gasteiger charge is 2.16. The van der Waals surface area contributed by atoms with Crippen molar-refractivity contribution in [2.45, 2.75) is 33.2 Å². The van der Waals surface area contributed by atoms with Crippen molar-refractivity contribution in [3.05, 3.63) is 33.1 Å². The van der Waals surface area contributed by atoms with Crippen LogP contribution >= 0.6 is 22.6 Å². The molecule has 0 aliphatic carbocycles. The van der Waals surface area contributed by atoms with E-state index >= 15 is 0 Å². The fourth-order valence-electron chi connectivity index (χ4n) is 2.09. The van der Waals surface area contributed by atoms with Gasteiger partial charge in [0.2, 0.25) is 0 Å². The van der Waals surface area contributed by atoms with Gasteiger partial charge in [-0.05, 0) is 55.5 Å². The Balaban J connectivity index is 2.41. The second-order valence-electron chi connectivity index (χ2n) is 4.38. The van der Waals surface area contributed by atoms with Crippen LogP contribution in [0.15, 0.2) is 22.6 Å². The van der Waals surface area contributed by atoms with E-state index in [-0.39, 0.29) is 6.04 Å². The maximum atomic E-state index is 6.02. The summed E-state index contributed by atoms with van der Waals surface area (Å²) in [5.74, 6) is 1.07. The number of benzene rings is 1. The lowest BCUT2D eigenvalue weighted by Crippen LogP contribution is -2.19. The quantitative estimate of drug-likeness (QED) is 0.832. The predicted molar refractivity (Wildman–Crippen MR) is 80.4 cm³/mol. The lowest BCUT2D eigenvalue weighted by atomic mass is 10.1. The van der Waals surface area contributed by atoms with Crippen LogP contribution in [0, 0.1) is 10.5 Å². The second kappa shape index (κ2) is 5.40. The molecule has 1 N–H and O–H groups in total. The molecule has 1 unspecified atom stereocenters. The molecular weight excluding hydrogens is 325 g/mol. The Morgan fingerprint density at radius 3 is 2.82 bits per heavy atom. The van der Waals surface area contributed by atoms with Crippen molar-refractivity contribution in [2.75, 3.05) is 6.54 Å². The topological polar surface area (TPSA) is 25.2 Å². The van der Waals surface area contributed by atoms with Gasteiger partial charge in [0, 0.05) is 10.9 Å². The van der Waals surface area contributed by atoms with E-state index < -0.39 is 0 Å². The number of rotatable bonds is 4. The summed E-state index contributed by atoms with van der Waals surface area (Å²) in [4.78, 5) is 0. The van der Waals surface area contributed by atoms with E-state index in [2.05, 4.69) is 66.9 Å². The molecule has 2 nitrogen and oxygen atoms in total. The Bertz CT molecular complexity index is 518. The first-order chi connectivity index (χ1) is 8.15. The molecule has 0 fully saturated rings. The van der Waals surface area contributed by atoms with Crippen molar-refractivity contribution in [1.82, 2.24) is 5.32 Å². The largest absolute Gasteiger partial charge is 0.458 e. The fraction of sp³-hybridized carbons (Fsp3) is 0.429. The van der Waals surface area contributed by atoms with Gasteiger partial charge in [0.15, 0.2) is 0 Å². The Labute approximate surface area is 116 Å². The number of hydrogen-bond donors (Lipinski definition) is 1. The van der Waals surface area contributed by atoms with Gasteiger partial charge < -0.3 is 9.73 Å². The van der Waals surface area contributed by atoms with Gasteiger partial charge in [-0.25, -0.2) is 0 Å². The van der Waals surface area contributed by atoms with Crippen molar-refractivity contribution >= 4 is 33.6 Å². The molecule has 0 radical (unpaired) electrons. The zero-order valence-corrected chi connectivity index (χ0v) is 12.7. The summed E-state index contributed by atoms with van der Waals surface area (Å²) in [7, 11) is 0. The number of para-hydroxylation sites is 1. The Kier molecular flexibility index (Phi) is 4.09. The average molecular weight is 343 g/mol. The first kappa shape index (κ1) is 12.9. The summed E-state index contributed by atoms with van der Waals surface area (Å²) in [6, 6.07) is 6.57. The summed E-state index contributed by atoms with van der Waals surface area (Å²) in [5, 5.41) is 4.71. The van der Waals surface area contributed by atoms with Crippen LogP contribution in [0.4, 0.5) is 0 Å². The van der Waals surface area contributed by atoms with Crippen LogP contribution in [-0.2, 0) is 0 Å². The van der Waals surface area contributed by atoms with E-state index in [9.17, 15) is 0 Å². The molecule has 0 saturated heterocycles. The van der Waals surface area contributed by atoms with Crippen molar-refractivity contribution in [3.8, 4) is 0 Å². The Morgan fingerprint density at radius 1 is 1.41 bits per heavy atom. The fourth-order valence-corrected chi connectivity index (χ4v) is 2.70. The predicted octanol–water partition coefficient (Wildman–Crippen LogP) is 4.41. The number of nitrogens with one attached hydrogen (secondary N) is 1. The van der Waals surface area contributed by atoms with Crippen molar-refractivity contribution in [1.29, 1.82) is 0 Å². The van der Waals surface area contributed by atoms with E-state index in [1.54, 1.807) is 0 Å². The molecule has 3 heteroatoms. The molecule has 2 aromatic rings. The van der Waals surface area contributed by atoms with Gasteiger partial charge in [0.05, 0.1) is 9.61 Å². The smallest absolute Gasteiger partial charge is 0.147 e. The highest BCUT2D eigenvalue weighted by molar-refractivity contribution is 14.1. The lowest BCUT2D eigenvalue weighted by Gasteiger charge is -2.11. The highest BCUT2D eigenvalue weighted by atomic mass is 127.